The molecule has 0 aliphatic carbocycles. The molecule has 1 amide bonds. The molecule has 0 atom stereocenters. The molecule has 0 spiro atoms. The number of carboxylic acid groups (broad SMARTS) is 1. The average Bonchev–Trinajstić information content (AvgIpc) is 2.52. The molecule has 114 valence electrons. The van der Waals surface area contributed by atoms with Gasteiger partial charge in [0, 0.05) is 6.54 Å². The molecule has 1 fully saturated rings. The molecule has 21 heavy (non-hydrogen) atoms. The van der Waals surface area contributed by atoms with Crippen LogP contribution in [0.1, 0.15) is 28.8 Å². The van der Waals surface area contributed by atoms with E-state index in [0.717, 1.165) is 31.5 Å². The Kier molecular flexibility index (Phi) is 5.71. The van der Waals surface area contributed by atoms with E-state index in [9.17, 15) is 9.59 Å². The van der Waals surface area contributed by atoms with E-state index in [4.69, 9.17) is 9.84 Å². The van der Waals surface area contributed by atoms with Crippen LogP contribution in [0.15, 0.2) is 24.3 Å². The Morgan fingerprint density at radius 1 is 1.24 bits per heavy atom. The Labute approximate surface area is 123 Å². The summed E-state index contributed by atoms with van der Waals surface area (Å²) in [5.41, 5.74) is 1.09. The summed E-state index contributed by atoms with van der Waals surface area (Å²) in [6, 6.07) is 6.43. The van der Waals surface area contributed by atoms with E-state index in [1.807, 2.05) is 0 Å². The molecule has 0 unspecified atom stereocenters. The standard InChI is InChI=1S/C15H20N2O4/c18-14(10-21-13-5-7-16-8-6-13)17-9-11-1-3-12(4-2-11)15(19)20/h1-4,13,16H,5-10H2,(H,17,18)(H,19,20). The van der Waals surface area contributed by atoms with Gasteiger partial charge >= 0.3 is 5.97 Å². The third-order valence-corrected chi connectivity index (χ3v) is 3.43. The lowest BCUT2D eigenvalue weighted by molar-refractivity contribution is -0.128. The first-order valence-electron chi connectivity index (χ1n) is 7.06. The van der Waals surface area contributed by atoms with Crippen LogP contribution in [0.25, 0.3) is 0 Å². The number of piperidine rings is 1. The van der Waals surface area contributed by atoms with Gasteiger partial charge in [0.1, 0.15) is 6.61 Å². The maximum Gasteiger partial charge on any atom is 0.335 e. The molecule has 0 saturated carbocycles. The number of hydrogen-bond acceptors (Lipinski definition) is 4. The molecule has 6 heteroatoms. The Morgan fingerprint density at radius 2 is 1.90 bits per heavy atom. The number of rotatable bonds is 6. The highest BCUT2D eigenvalue weighted by atomic mass is 16.5. The molecule has 2 rings (SSSR count). The molecule has 1 heterocycles. The third kappa shape index (κ3) is 5.17. The van der Waals surface area contributed by atoms with Crippen molar-refractivity contribution in [3.63, 3.8) is 0 Å². The molecule has 1 saturated heterocycles. The average molecular weight is 292 g/mol. The Bertz CT molecular complexity index is 481. The Hall–Kier alpha value is -1.92. The summed E-state index contributed by atoms with van der Waals surface area (Å²) >= 11 is 0. The van der Waals surface area contributed by atoms with E-state index in [1.54, 1.807) is 12.1 Å². The zero-order valence-corrected chi connectivity index (χ0v) is 11.8. The fourth-order valence-electron chi connectivity index (χ4n) is 2.17. The summed E-state index contributed by atoms with van der Waals surface area (Å²) in [7, 11) is 0. The van der Waals surface area contributed by atoms with Gasteiger partial charge in [-0.15, -0.1) is 0 Å². The summed E-state index contributed by atoms with van der Waals surface area (Å²) in [6.45, 7) is 2.30. The number of amides is 1. The third-order valence-electron chi connectivity index (χ3n) is 3.43. The van der Waals surface area contributed by atoms with E-state index in [2.05, 4.69) is 10.6 Å². The van der Waals surface area contributed by atoms with Crippen LogP contribution in [-0.2, 0) is 16.1 Å². The first-order valence-corrected chi connectivity index (χ1v) is 7.06. The van der Waals surface area contributed by atoms with Gasteiger partial charge in [0.2, 0.25) is 5.91 Å². The van der Waals surface area contributed by atoms with Crippen LogP contribution >= 0.6 is 0 Å². The van der Waals surface area contributed by atoms with E-state index in [0.29, 0.717) is 6.54 Å². The van der Waals surface area contributed by atoms with Gasteiger partial charge in [0.05, 0.1) is 11.7 Å². The van der Waals surface area contributed by atoms with Crippen molar-refractivity contribution in [1.82, 2.24) is 10.6 Å². The van der Waals surface area contributed by atoms with Gasteiger partial charge < -0.3 is 20.5 Å². The van der Waals surface area contributed by atoms with Gasteiger partial charge in [-0.05, 0) is 43.6 Å². The summed E-state index contributed by atoms with van der Waals surface area (Å²) in [4.78, 5) is 22.4. The fraction of sp³-hybridized carbons (Fsp3) is 0.467. The maximum absolute atomic E-state index is 11.7. The molecule has 1 aliphatic rings. The molecule has 1 aliphatic heterocycles. The highest BCUT2D eigenvalue weighted by Gasteiger charge is 2.14. The molecule has 3 N–H and O–H groups in total. The molecule has 0 radical (unpaired) electrons. The number of hydrogen-bond donors (Lipinski definition) is 3. The van der Waals surface area contributed by atoms with Gasteiger partial charge in [-0.2, -0.15) is 0 Å². The zero-order chi connectivity index (χ0) is 15.1. The van der Waals surface area contributed by atoms with Gasteiger partial charge in [-0.3, -0.25) is 4.79 Å². The van der Waals surface area contributed by atoms with E-state index in [-0.39, 0.29) is 24.2 Å². The Morgan fingerprint density at radius 3 is 2.52 bits per heavy atom. The molecule has 0 aromatic heterocycles. The van der Waals surface area contributed by atoms with E-state index < -0.39 is 5.97 Å². The number of benzene rings is 1. The minimum atomic E-state index is -0.957. The lowest BCUT2D eigenvalue weighted by Crippen LogP contribution is -2.35. The maximum atomic E-state index is 11.7. The fourth-order valence-corrected chi connectivity index (χ4v) is 2.17. The molecular formula is C15H20N2O4. The van der Waals surface area contributed by atoms with Crippen molar-refractivity contribution in [3.05, 3.63) is 35.4 Å². The summed E-state index contributed by atoms with van der Waals surface area (Å²) in [6.07, 6.45) is 2.03. The molecule has 1 aromatic rings. The smallest absolute Gasteiger partial charge is 0.335 e. The van der Waals surface area contributed by atoms with Crippen molar-refractivity contribution in [2.75, 3.05) is 19.7 Å². The highest BCUT2D eigenvalue weighted by molar-refractivity contribution is 5.87. The van der Waals surface area contributed by atoms with Crippen LogP contribution < -0.4 is 10.6 Å². The number of ether oxygens (including phenoxy) is 1. The monoisotopic (exact) mass is 292 g/mol. The number of carboxylic acids is 1. The quantitative estimate of drug-likeness (QED) is 0.721. The van der Waals surface area contributed by atoms with Crippen molar-refractivity contribution in [2.45, 2.75) is 25.5 Å². The van der Waals surface area contributed by atoms with Gasteiger partial charge in [-0.25, -0.2) is 4.79 Å². The van der Waals surface area contributed by atoms with Crippen molar-refractivity contribution in [2.24, 2.45) is 0 Å². The van der Waals surface area contributed by atoms with Crippen LogP contribution in [0.4, 0.5) is 0 Å². The Balaban J connectivity index is 1.69. The normalized spacial score (nSPS) is 15.6. The number of nitrogens with one attached hydrogen (secondary N) is 2. The van der Waals surface area contributed by atoms with Gasteiger partial charge in [0.25, 0.3) is 0 Å². The lowest BCUT2D eigenvalue weighted by atomic mass is 10.1. The molecule has 0 bridgehead atoms. The van der Waals surface area contributed by atoms with Crippen LogP contribution in [-0.4, -0.2) is 42.8 Å². The number of carbonyl (C=O) groups is 2. The van der Waals surface area contributed by atoms with Crippen molar-refractivity contribution >= 4 is 11.9 Å². The predicted octanol–water partition coefficient (Wildman–Crippen LogP) is 0.770. The van der Waals surface area contributed by atoms with Crippen molar-refractivity contribution in [1.29, 1.82) is 0 Å². The predicted molar refractivity (Wildman–Crippen MR) is 77.1 cm³/mol. The lowest BCUT2D eigenvalue weighted by Gasteiger charge is -2.22. The minimum Gasteiger partial charge on any atom is -0.478 e. The SMILES string of the molecule is O=C(COC1CCNCC1)NCc1ccc(C(=O)O)cc1. The second-order valence-corrected chi connectivity index (χ2v) is 5.04. The molecule has 1 aromatic carbocycles. The summed E-state index contributed by atoms with van der Waals surface area (Å²) < 4.78 is 5.55. The minimum absolute atomic E-state index is 0.0673. The number of aromatic carboxylic acids is 1. The number of carbonyl (C=O) groups excluding carboxylic acids is 1. The second-order valence-electron chi connectivity index (χ2n) is 5.04. The topological polar surface area (TPSA) is 87.7 Å². The first kappa shape index (κ1) is 15.5. The van der Waals surface area contributed by atoms with E-state index >= 15 is 0 Å². The van der Waals surface area contributed by atoms with Crippen molar-refractivity contribution < 1.29 is 19.4 Å². The van der Waals surface area contributed by atoms with Crippen LogP contribution in [0, 0.1) is 0 Å². The highest BCUT2D eigenvalue weighted by Crippen LogP contribution is 2.07. The van der Waals surface area contributed by atoms with Crippen LogP contribution in [0.3, 0.4) is 0 Å². The molecular weight excluding hydrogens is 272 g/mol. The van der Waals surface area contributed by atoms with Gasteiger partial charge in [-0.1, -0.05) is 12.1 Å². The summed E-state index contributed by atoms with van der Waals surface area (Å²) in [5, 5.41) is 14.8. The van der Waals surface area contributed by atoms with E-state index in [1.165, 1.54) is 12.1 Å². The summed E-state index contributed by atoms with van der Waals surface area (Å²) in [5.74, 6) is -1.11. The second kappa shape index (κ2) is 7.75. The van der Waals surface area contributed by atoms with Gasteiger partial charge in [0.15, 0.2) is 0 Å². The largest absolute Gasteiger partial charge is 0.478 e. The van der Waals surface area contributed by atoms with Crippen molar-refractivity contribution in [3.8, 4) is 0 Å². The molecule has 6 nitrogen and oxygen atoms in total. The van der Waals surface area contributed by atoms with Crippen LogP contribution in [0.2, 0.25) is 0 Å². The first-order chi connectivity index (χ1) is 10.1. The zero-order valence-electron chi connectivity index (χ0n) is 11.8. The van der Waals surface area contributed by atoms with Crippen LogP contribution in [0.5, 0.6) is 0 Å².